The molecule has 1 N–H and O–H groups in total. The van der Waals surface area contributed by atoms with Crippen molar-refractivity contribution in [2.24, 2.45) is 0 Å². The van der Waals surface area contributed by atoms with Crippen molar-refractivity contribution in [2.75, 3.05) is 7.05 Å². The van der Waals surface area contributed by atoms with Crippen LogP contribution in [0, 0.1) is 13.8 Å². The van der Waals surface area contributed by atoms with Crippen molar-refractivity contribution in [3.63, 3.8) is 0 Å². The SMILES string of the molecule is Cc1ccc(CN(C)C(=O)CC(=O)O)c(C)c1. The molecular weight excluding hydrogens is 218 g/mol. The molecule has 0 saturated carbocycles. The van der Waals surface area contributed by atoms with Gasteiger partial charge in [-0.3, -0.25) is 9.59 Å². The van der Waals surface area contributed by atoms with Gasteiger partial charge in [-0.2, -0.15) is 0 Å². The molecule has 0 aliphatic heterocycles. The van der Waals surface area contributed by atoms with Crippen LogP contribution in [0.25, 0.3) is 0 Å². The van der Waals surface area contributed by atoms with E-state index in [1.807, 2.05) is 32.0 Å². The van der Waals surface area contributed by atoms with Gasteiger partial charge in [0.05, 0.1) is 0 Å². The quantitative estimate of drug-likeness (QED) is 0.809. The maximum absolute atomic E-state index is 11.5. The molecule has 0 spiro atoms. The topological polar surface area (TPSA) is 57.6 Å². The van der Waals surface area contributed by atoms with Crippen molar-refractivity contribution in [3.8, 4) is 0 Å². The number of carboxylic acids is 1. The Morgan fingerprint density at radius 2 is 1.94 bits per heavy atom. The van der Waals surface area contributed by atoms with Crippen LogP contribution in [0.4, 0.5) is 0 Å². The lowest BCUT2D eigenvalue weighted by molar-refractivity contribution is -0.143. The molecule has 17 heavy (non-hydrogen) atoms. The zero-order chi connectivity index (χ0) is 13.0. The van der Waals surface area contributed by atoms with E-state index in [0.29, 0.717) is 6.54 Å². The molecule has 1 aromatic rings. The average Bonchev–Trinajstić information content (AvgIpc) is 2.21. The lowest BCUT2D eigenvalue weighted by atomic mass is 10.1. The Balaban J connectivity index is 2.70. The Hall–Kier alpha value is -1.84. The van der Waals surface area contributed by atoms with E-state index in [2.05, 4.69) is 0 Å². The molecule has 4 heteroatoms. The van der Waals surface area contributed by atoms with E-state index in [1.165, 1.54) is 10.5 Å². The second-order valence-corrected chi connectivity index (χ2v) is 4.25. The number of carbonyl (C=O) groups is 2. The molecule has 4 nitrogen and oxygen atoms in total. The molecule has 1 aromatic carbocycles. The Kier molecular flexibility index (Phi) is 4.26. The van der Waals surface area contributed by atoms with Crippen LogP contribution >= 0.6 is 0 Å². The van der Waals surface area contributed by atoms with Crippen molar-refractivity contribution in [2.45, 2.75) is 26.8 Å². The second-order valence-electron chi connectivity index (χ2n) is 4.25. The third-order valence-corrected chi connectivity index (χ3v) is 2.63. The summed E-state index contributed by atoms with van der Waals surface area (Å²) < 4.78 is 0. The summed E-state index contributed by atoms with van der Waals surface area (Å²) in [5.41, 5.74) is 3.32. The van der Waals surface area contributed by atoms with Gasteiger partial charge >= 0.3 is 5.97 Å². The van der Waals surface area contributed by atoms with E-state index in [4.69, 9.17) is 5.11 Å². The summed E-state index contributed by atoms with van der Waals surface area (Å²) in [5, 5.41) is 8.54. The molecule has 1 rings (SSSR count). The standard InChI is InChI=1S/C13H17NO3/c1-9-4-5-11(10(2)6-9)8-14(3)12(15)7-13(16)17/h4-6H,7-8H2,1-3H3,(H,16,17). The smallest absolute Gasteiger partial charge is 0.312 e. The van der Waals surface area contributed by atoms with E-state index in [1.54, 1.807) is 7.05 Å². The molecule has 0 aliphatic carbocycles. The van der Waals surface area contributed by atoms with Gasteiger partial charge in [0.25, 0.3) is 0 Å². The molecule has 0 unspecified atom stereocenters. The molecule has 0 bridgehead atoms. The molecule has 0 aliphatic rings. The normalized spacial score (nSPS) is 10.1. The number of hydrogen-bond acceptors (Lipinski definition) is 2. The molecule has 0 saturated heterocycles. The first-order valence-corrected chi connectivity index (χ1v) is 5.42. The van der Waals surface area contributed by atoms with Crippen LogP contribution in [0.3, 0.4) is 0 Å². The lowest BCUT2D eigenvalue weighted by Crippen LogP contribution is -2.28. The van der Waals surface area contributed by atoms with Crippen molar-refractivity contribution < 1.29 is 14.7 Å². The summed E-state index contributed by atoms with van der Waals surface area (Å²) in [7, 11) is 1.62. The Bertz CT molecular complexity index is 440. The number of rotatable bonds is 4. The van der Waals surface area contributed by atoms with E-state index >= 15 is 0 Å². The predicted octanol–water partition coefficient (Wildman–Crippen LogP) is 1.74. The number of carbonyl (C=O) groups excluding carboxylic acids is 1. The number of hydrogen-bond donors (Lipinski definition) is 1. The van der Waals surface area contributed by atoms with Crippen molar-refractivity contribution in [1.29, 1.82) is 0 Å². The third-order valence-electron chi connectivity index (χ3n) is 2.63. The highest BCUT2D eigenvalue weighted by atomic mass is 16.4. The van der Waals surface area contributed by atoms with Crippen LogP contribution in [-0.2, 0) is 16.1 Å². The van der Waals surface area contributed by atoms with Crippen LogP contribution in [0.15, 0.2) is 18.2 Å². The molecule has 92 valence electrons. The maximum Gasteiger partial charge on any atom is 0.312 e. The van der Waals surface area contributed by atoms with E-state index in [0.717, 1.165) is 11.1 Å². The number of nitrogens with zero attached hydrogens (tertiary/aromatic N) is 1. The minimum atomic E-state index is -1.09. The van der Waals surface area contributed by atoms with Crippen molar-refractivity contribution in [3.05, 3.63) is 34.9 Å². The number of amides is 1. The molecule has 1 amide bonds. The minimum Gasteiger partial charge on any atom is -0.481 e. The summed E-state index contributed by atoms with van der Waals surface area (Å²) in [4.78, 5) is 23.3. The first-order chi connectivity index (χ1) is 7.90. The van der Waals surface area contributed by atoms with Crippen LogP contribution < -0.4 is 0 Å². The fourth-order valence-electron chi connectivity index (χ4n) is 1.63. The van der Waals surface area contributed by atoms with E-state index < -0.39 is 12.4 Å². The predicted molar refractivity (Wildman–Crippen MR) is 64.6 cm³/mol. The largest absolute Gasteiger partial charge is 0.481 e. The van der Waals surface area contributed by atoms with Crippen molar-refractivity contribution >= 4 is 11.9 Å². The van der Waals surface area contributed by atoms with Crippen LogP contribution in [0.5, 0.6) is 0 Å². The van der Waals surface area contributed by atoms with Gasteiger partial charge in [-0.05, 0) is 25.0 Å². The third kappa shape index (κ3) is 3.90. The number of benzene rings is 1. The van der Waals surface area contributed by atoms with E-state index in [-0.39, 0.29) is 5.91 Å². The Labute approximate surface area is 101 Å². The molecular formula is C13H17NO3. The number of aryl methyl sites for hydroxylation is 2. The number of carboxylic acid groups (broad SMARTS) is 1. The highest BCUT2D eigenvalue weighted by molar-refractivity contribution is 5.93. The zero-order valence-corrected chi connectivity index (χ0v) is 10.4. The molecule has 0 atom stereocenters. The maximum atomic E-state index is 11.5. The second kappa shape index (κ2) is 5.48. The van der Waals surface area contributed by atoms with Gasteiger partial charge in [-0.25, -0.2) is 0 Å². The highest BCUT2D eigenvalue weighted by Crippen LogP contribution is 2.12. The summed E-state index contributed by atoms with van der Waals surface area (Å²) in [6.45, 7) is 4.44. The monoisotopic (exact) mass is 235 g/mol. The van der Waals surface area contributed by atoms with Crippen LogP contribution in [0.1, 0.15) is 23.1 Å². The van der Waals surface area contributed by atoms with Crippen LogP contribution in [-0.4, -0.2) is 28.9 Å². The molecule has 0 heterocycles. The van der Waals surface area contributed by atoms with Gasteiger partial charge in [-0.15, -0.1) is 0 Å². The minimum absolute atomic E-state index is 0.377. The zero-order valence-electron chi connectivity index (χ0n) is 10.4. The van der Waals surface area contributed by atoms with Gasteiger partial charge in [0.2, 0.25) is 5.91 Å². The van der Waals surface area contributed by atoms with Gasteiger partial charge in [0.15, 0.2) is 0 Å². The fraction of sp³-hybridized carbons (Fsp3) is 0.385. The van der Waals surface area contributed by atoms with Gasteiger partial charge in [-0.1, -0.05) is 23.8 Å². The van der Waals surface area contributed by atoms with Gasteiger partial charge in [0.1, 0.15) is 6.42 Å². The average molecular weight is 235 g/mol. The first-order valence-electron chi connectivity index (χ1n) is 5.42. The number of aliphatic carboxylic acids is 1. The van der Waals surface area contributed by atoms with E-state index in [9.17, 15) is 9.59 Å². The summed E-state index contributed by atoms with van der Waals surface area (Å²) in [5.74, 6) is -1.47. The Morgan fingerprint density at radius 3 is 2.47 bits per heavy atom. The Morgan fingerprint density at radius 1 is 1.29 bits per heavy atom. The lowest BCUT2D eigenvalue weighted by Gasteiger charge is -2.17. The highest BCUT2D eigenvalue weighted by Gasteiger charge is 2.13. The summed E-state index contributed by atoms with van der Waals surface area (Å²) in [6.07, 6.45) is -0.457. The first kappa shape index (κ1) is 13.2. The van der Waals surface area contributed by atoms with Gasteiger partial charge in [0, 0.05) is 13.6 Å². The van der Waals surface area contributed by atoms with Crippen LogP contribution in [0.2, 0.25) is 0 Å². The van der Waals surface area contributed by atoms with Crippen molar-refractivity contribution in [1.82, 2.24) is 4.90 Å². The summed E-state index contributed by atoms with van der Waals surface area (Å²) >= 11 is 0. The molecule has 0 fully saturated rings. The molecule has 0 radical (unpaired) electrons. The van der Waals surface area contributed by atoms with Gasteiger partial charge < -0.3 is 10.0 Å². The molecule has 0 aromatic heterocycles. The fourth-order valence-corrected chi connectivity index (χ4v) is 1.63. The summed E-state index contributed by atoms with van der Waals surface area (Å²) in [6, 6.07) is 6.00.